The van der Waals surface area contributed by atoms with Gasteiger partial charge in [-0.05, 0) is 30.0 Å². The zero-order valence-corrected chi connectivity index (χ0v) is 13.8. The summed E-state index contributed by atoms with van der Waals surface area (Å²) in [5, 5.41) is 8.82. The minimum absolute atomic E-state index is 0.347. The molecular formula is C12H9F3N4S3. The largest absolute Gasteiger partial charge is 0.416 e. The summed E-state index contributed by atoms with van der Waals surface area (Å²) in [5.74, 6) is 0. The van der Waals surface area contributed by atoms with Gasteiger partial charge in [-0.15, -0.1) is 21.5 Å². The Morgan fingerprint density at radius 2 is 1.86 bits per heavy atom. The number of hydrogen-bond donors (Lipinski definition) is 0. The first-order valence-corrected chi connectivity index (χ1v) is 8.44. The number of alkyl halides is 3. The second kappa shape index (κ2) is 5.67. The van der Waals surface area contributed by atoms with Gasteiger partial charge in [0.2, 0.25) is 5.13 Å². The fraction of sp³-hybridized carbons (Fsp3) is 0.250. The molecule has 116 valence electrons. The molecule has 0 aliphatic heterocycles. The number of hydrogen-bond acceptors (Lipinski definition) is 7. The van der Waals surface area contributed by atoms with E-state index in [9.17, 15) is 13.2 Å². The van der Waals surface area contributed by atoms with E-state index < -0.39 is 11.7 Å². The Bertz CT molecular complexity index is 809. The molecule has 0 aliphatic carbocycles. The summed E-state index contributed by atoms with van der Waals surface area (Å²) in [5.41, 5.74) is -0.340. The molecule has 3 aromatic rings. The molecule has 0 radical (unpaired) electrons. The summed E-state index contributed by atoms with van der Waals surface area (Å²) in [6, 6.07) is 3.59. The van der Waals surface area contributed by atoms with Crippen molar-refractivity contribution in [2.45, 2.75) is 14.9 Å². The van der Waals surface area contributed by atoms with E-state index in [2.05, 4.69) is 15.2 Å². The van der Waals surface area contributed by atoms with Crippen LogP contribution in [0.5, 0.6) is 0 Å². The summed E-state index contributed by atoms with van der Waals surface area (Å²) >= 11 is 4.05. The molecule has 0 atom stereocenters. The van der Waals surface area contributed by atoms with Crippen molar-refractivity contribution in [1.29, 1.82) is 0 Å². The van der Waals surface area contributed by atoms with Crippen LogP contribution in [0, 0.1) is 0 Å². The van der Waals surface area contributed by atoms with Gasteiger partial charge >= 0.3 is 6.18 Å². The number of rotatable bonds is 3. The van der Waals surface area contributed by atoms with E-state index in [0.29, 0.717) is 18.9 Å². The van der Waals surface area contributed by atoms with Crippen molar-refractivity contribution in [2.75, 3.05) is 19.0 Å². The Labute approximate surface area is 136 Å². The molecule has 2 aromatic heterocycles. The zero-order valence-electron chi connectivity index (χ0n) is 11.4. The number of halogens is 3. The minimum Gasteiger partial charge on any atom is -0.353 e. The molecule has 0 bridgehead atoms. The lowest BCUT2D eigenvalue weighted by Gasteiger charge is -2.04. The molecule has 2 heterocycles. The average Bonchev–Trinajstić information content (AvgIpc) is 3.03. The predicted molar refractivity (Wildman–Crippen MR) is 83.0 cm³/mol. The zero-order chi connectivity index (χ0) is 15.9. The predicted octanol–water partition coefficient (Wildman–Crippen LogP) is 4.38. The van der Waals surface area contributed by atoms with Crippen molar-refractivity contribution >= 4 is 49.8 Å². The van der Waals surface area contributed by atoms with Gasteiger partial charge in [0, 0.05) is 14.1 Å². The monoisotopic (exact) mass is 362 g/mol. The summed E-state index contributed by atoms with van der Waals surface area (Å²) in [7, 11) is 3.73. The molecule has 3 rings (SSSR count). The number of benzene rings is 1. The molecule has 1 aromatic carbocycles. The third kappa shape index (κ3) is 3.18. The van der Waals surface area contributed by atoms with Crippen molar-refractivity contribution in [2.24, 2.45) is 0 Å². The van der Waals surface area contributed by atoms with E-state index in [4.69, 9.17) is 0 Å². The molecule has 0 unspecified atom stereocenters. The highest BCUT2D eigenvalue weighted by molar-refractivity contribution is 8.02. The van der Waals surface area contributed by atoms with Gasteiger partial charge in [-0.25, -0.2) is 4.98 Å². The maximum atomic E-state index is 12.7. The highest BCUT2D eigenvalue weighted by Gasteiger charge is 2.30. The normalized spacial score (nSPS) is 12.0. The van der Waals surface area contributed by atoms with Crippen molar-refractivity contribution in [3.63, 3.8) is 0 Å². The maximum Gasteiger partial charge on any atom is 0.416 e. The quantitative estimate of drug-likeness (QED) is 0.691. The van der Waals surface area contributed by atoms with E-state index in [0.717, 1.165) is 17.3 Å². The number of nitrogens with zero attached hydrogens (tertiary/aromatic N) is 4. The molecule has 0 saturated carbocycles. The van der Waals surface area contributed by atoms with Gasteiger partial charge < -0.3 is 4.90 Å². The fourth-order valence-corrected chi connectivity index (χ4v) is 4.64. The van der Waals surface area contributed by atoms with Crippen LogP contribution in [-0.4, -0.2) is 29.3 Å². The third-order valence-electron chi connectivity index (χ3n) is 2.65. The molecule has 4 nitrogen and oxygen atoms in total. The van der Waals surface area contributed by atoms with Crippen molar-refractivity contribution in [3.8, 4) is 0 Å². The van der Waals surface area contributed by atoms with Gasteiger partial charge in [0.1, 0.15) is 0 Å². The van der Waals surface area contributed by atoms with Crippen LogP contribution in [0.2, 0.25) is 0 Å². The van der Waals surface area contributed by atoms with Crippen LogP contribution in [0.25, 0.3) is 10.2 Å². The van der Waals surface area contributed by atoms with Crippen molar-refractivity contribution in [3.05, 3.63) is 23.8 Å². The van der Waals surface area contributed by atoms with Crippen LogP contribution in [0.4, 0.5) is 18.3 Å². The van der Waals surface area contributed by atoms with E-state index >= 15 is 0 Å². The molecule has 22 heavy (non-hydrogen) atoms. The van der Waals surface area contributed by atoms with Crippen LogP contribution in [0.15, 0.2) is 26.9 Å². The number of thiazole rings is 1. The van der Waals surface area contributed by atoms with E-state index in [1.807, 2.05) is 19.0 Å². The SMILES string of the molecule is CN(C)c1nnc(Sc2nc3cc(C(F)(F)F)ccc3s2)s1. The summed E-state index contributed by atoms with van der Waals surface area (Å²) in [4.78, 5) is 6.09. The third-order valence-corrected chi connectivity index (χ3v) is 5.89. The lowest BCUT2D eigenvalue weighted by atomic mass is 10.2. The van der Waals surface area contributed by atoms with E-state index in [1.54, 1.807) is 0 Å². The van der Waals surface area contributed by atoms with Gasteiger partial charge in [0.15, 0.2) is 8.68 Å². The number of fused-ring (bicyclic) bond motifs is 1. The fourth-order valence-electron chi connectivity index (χ4n) is 1.63. The number of aromatic nitrogens is 3. The van der Waals surface area contributed by atoms with Crippen LogP contribution in [-0.2, 0) is 6.18 Å². The van der Waals surface area contributed by atoms with Crippen LogP contribution in [0.3, 0.4) is 0 Å². The first kappa shape index (κ1) is 15.5. The molecule has 0 saturated heterocycles. The van der Waals surface area contributed by atoms with Gasteiger partial charge in [-0.2, -0.15) is 13.2 Å². The summed E-state index contributed by atoms with van der Waals surface area (Å²) < 4.78 is 40.2. The van der Waals surface area contributed by atoms with Gasteiger partial charge in [0.05, 0.1) is 15.8 Å². The first-order valence-electron chi connectivity index (χ1n) is 5.99. The molecule has 0 spiro atoms. The second-order valence-corrected chi connectivity index (χ2v) is 7.99. The second-order valence-electron chi connectivity index (χ2n) is 4.51. The van der Waals surface area contributed by atoms with Crippen LogP contribution < -0.4 is 4.90 Å². The van der Waals surface area contributed by atoms with Crippen molar-refractivity contribution < 1.29 is 13.2 Å². The lowest BCUT2D eigenvalue weighted by molar-refractivity contribution is -0.137. The van der Waals surface area contributed by atoms with Gasteiger partial charge in [-0.1, -0.05) is 11.3 Å². The maximum absolute atomic E-state index is 12.7. The summed E-state index contributed by atoms with van der Waals surface area (Å²) in [6.07, 6.45) is -4.36. The topological polar surface area (TPSA) is 41.9 Å². The minimum atomic E-state index is -4.36. The Hall–Kier alpha value is -1.39. The van der Waals surface area contributed by atoms with Gasteiger partial charge in [-0.3, -0.25) is 0 Å². The van der Waals surface area contributed by atoms with E-state index in [-0.39, 0.29) is 0 Å². The molecule has 0 aliphatic rings. The molecular weight excluding hydrogens is 353 g/mol. The average molecular weight is 362 g/mol. The van der Waals surface area contributed by atoms with Crippen LogP contribution >= 0.6 is 34.4 Å². The molecule has 0 fully saturated rings. The summed E-state index contributed by atoms with van der Waals surface area (Å²) in [6.45, 7) is 0. The van der Waals surface area contributed by atoms with Gasteiger partial charge in [0.25, 0.3) is 0 Å². The standard InChI is InChI=1S/C12H9F3N4S3/c1-19(2)9-17-18-11(21-9)22-10-16-7-5-6(12(13,14)15)3-4-8(7)20-10/h3-5H,1-2H3. The highest BCUT2D eigenvalue weighted by Crippen LogP contribution is 2.38. The number of anilines is 1. The Balaban J connectivity index is 1.88. The Morgan fingerprint density at radius 1 is 1.09 bits per heavy atom. The first-order chi connectivity index (χ1) is 10.3. The van der Waals surface area contributed by atoms with E-state index in [1.165, 1.54) is 40.5 Å². The molecule has 0 N–H and O–H groups in total. The molecule has 0 amide bonds. The Kier molecular flexibility index (Phi) is 4.00. The Morgan fingerprint density at radius 3 is 2.50 bits per heavy atom. The molecule has 10 heteroatoms. The smallest absolute Gasteiger partial charge is 0.353 e. The lowest BCUT2D eigenvalue weighted by Crippen LogP contribution is -2.07. The van der Waals surface area contributed by atoms with Crippen molar-refractivity contribution in [1.82, 2.24) is 15.2 Å². The van der Waals surface area contributed by atoms with Crippen LogP contribution in [0.1, 0.15) is 5.56 Å². The highest BCUT2D eigenvalue weighted by atomic mass is 32.2.